The van der Waals surface area contributed by atoms with Crippen LogP contribution in [0.5, 0.6) is 0 Å². The molecule has 0 fully saturated rings. The Morgan fingerprint density at radius 1 is 1.53 bits per heavy atom. The molecule has 0 aliphatic heterocycles. The van der Waals surface area contributed by atoms with Gasteiger partial charge in [-0.25, -0.2) is 0 Å². The Hall–Kier alpha value is -1.98. The molecule has 6 heteroatoms. The molecule has 0 amide bonds. The number of aryl methyl sites for hydroxylation is 2. The highest BCUT2D eigenvalue weighted by Gasteiger charge is 2.12. The van der Waals surface area contributed by atoms with E-state index in [0.29, 0.717) is 5.69 Å². The second kappa shape index (κ2) is 4.48. The van der Waals surface area contributed by atoms with Gasteiger partial charge >= 0.3 is 0 Å². The predicted molar refractivity (Wildman–Crippen MR) is 67.7 cm³/mol. The summed E-state index contributed by atoms with van der Waals surface area (Å²) in [5, 5.41) is 11.8. The lowest BCUT2D eigenvalue weighted by Gasteiger charge is -2.15. The van der Waals surface area contributed by atoms with Crippen LogP contribution in [0.25, 0.3) is 0 Å². The van der Waals surface area contributed by atoms with E-state index in [1.807, 2.05) is 30.9 Å². The molecule has 0 aromatic carbocycles. The van der Waals surface area contributed by atoms with E-state index in [1.54, 1.807) is 10.9 Å². The van der Waals surface area contributed by atoms with Gasteiger partial charge in [-0.05, 0) is 19.9 Å². The number of nitrogens with zero attached hydrogens (tertiary/aromatic N) is 4. The van der Waals surface area contributed by atoms with Crippen LogP contribution in [0.15, 0.2) is 18.5 Å². The molecular formula is C11H18N6. The molecule has 0 aliphatic carbocycles. The van der Waals surface area contributed by atoms with Crippen molar-refractivity contribution in [3.8, 4) is 0 Å². The molecule has 1 atom stereocenters. The normalized spacial score (nSPS) is 12.6. The first kappa shape index (κ1) is 11.5. The fraction of sp³-hybridized carbons (Fsp3) is 0.455. The molecule has 2 aromatic rings. The third-order valence-corrected chi connectivity index (χ3v) is 2.67. The highest BCUT2D eigenvalue weighted by atomic mass is 15.3. The molecule has 0 radical (unpaired) electrons. The molecule has 0 saturated carbocycles. The minimum atomic E-state index is 0.229. The van der Waals surface area contributed by atoms with Crippen molar-refractivity contribution in [2.24, 2.45) is 7.05 Å². The summed E-state index contributed by atoms with van der Waals surface area (Å²) < 4.78 is 3.65. The molecule has 2 heterocycles. The average Bonchev–Trinajstić information content (AvgIpc) is 2.83. The van der Waals surface area contributed by atoms with Crippen LogP contribution in [-0.4, -0.2) is 25.6 Å². The fourth-order valence-electron chi connectivity index (χ4n) is 1.81. The number of nitrogens with two attached hydrogens (primary N) is 1. The van der Waals surface area contributed by atoms with Crippen molar-refractivity contribution in [2.75, 3.05) is 11.1 Å². The SMILES string of the molecule is Cc1nn(C)c(NC(C)Cn2cccn2)c1N. The van der Waals surface area contributed by atoms with Crippen LogP contribution in [0.3, 0.4) is 0 Å². The maximum absolute atomic E-state index is 5.96. The van der Waals surface area contributed by atoms with Gasteiger partial charge in [0.25, 0.3) is 0 Å². The Bertz CT molecular complexity index is 484. The maximum atomic E-state index is 5.96. The number of hydrogen-bond acceptors (Lipinski definition) is 4. The largest absolute Gasteiger partial charge is 0.394 e. The van der Waals surface area contributed by atoms with Crippen LogP contribution in [-0.2, 0) is 13.6 Å². The number of aromatic nitrogens is 4. The summed E-state index contributed by atoms with van der Waals surface area (Å²) in [4.78, 5) is 0. The van der Waals surface area contributed by atoms with Gasteiger partial charge in [0.15, 0.2) is 0 Å². The second-order valence-electron chi connectivity index (χ2n) is 4.24. The lowest BCUT2D eigenvalue weighted by Crippen LogP contribution is -2.24. The van der Waals surface area contributed by atoms with E-state index < -0.39 is 0 Å². The first-order valence-electron chi connectivity index (χ1n) is 5.61. The van der Waals surface area contributed by atoms with Crippen LogP contribution < -0.4 is 11.1 Å². The molecule has 92 valence electrons. The third-order valence-electron chi connectivity index (χ3n) is 2.67. The highest BCUT2D eigenvalue weighted by Crippen LogP contribution is 2.21. The Morgan fingerprint density at radius 2 is 2.29 bits per heavy atom. The fourth-order valence-corrected chi connectivity index (χ4v) is 1.81. The predicted octanol–water partition coefficient (Wildman–Crippen LogP) is 1.01. The van der Waals surface area contributed by atoms with Crippen LogP contribution in [0.1, 0.15) is 12.6 Å². The smallest absolute Gasteiger partial charge is 0.148 e. The third kappa shape index (κ3) is 2.41. The lowest BCUT2D eigenvalue weighted by atomic mass is 10.3. The Balaban J connectivity index is 2.05. The van der Waals surface area contributed by atoms with Gasteiger partial charge in [-0.1, -0.05) is 0 Å². The Kier molecular flexibility index (Phi) is 3.03. The molecule has 0 aliphatic rings. The minimum Gasteiger partial charge on any atom is -0.394 e. The summed E-state index contributed by atoms with van der Waals surface area (Å²) in [6.07, 6.45) is 3.71. The number of nitrogen functional groups attached to an aromatic ring is 1. The van der Waals surface area contributed by atoms with E-state index in [0.717, 1.165) is 18.1 Å². The molecule has 0 bridgehead atoms. The van der Waals surface area contributed by atoms with E-state index in [1.165, 1.54) is 0 Å². The molecule has 0 spiro atoms. The topological polar surface area (TPSA) is 73.7 Å². The summed E-state index contributed by atoms with van der Waals surface area (Å²) in [7, 11) is 1.88. The summed E-state index contributed by atoms with van der Waals surface area (Å²) in [6.45, 7) is 4.78. The zero-order chi connectivity index (χ0) is 12.4. The standard InChI is InChI=1S/C11H18N6/c1-8(7-17-6-4-5-13-17)14-11-10(12)9(2)15-16(11)3/h4-6,8,14H,7,12H2,1-3H3. The van der Waals surface area contributed by atoms with Gasteiger partial charge in [-0.2, -0.15) is 10.2 Å². The Labute approximate surface area is 100 Å². The van der Waals surface area contributed by atoms with E-state index in [9.17, 15) is 0 Å². The van der Waals surface area contributed by atoms with Crippen LogP contribution in [0.4, 0.5) is 11.5 Å². The molecule has 0 saturated heterocycles. The molecule has 2 aromatic heterocycles. The maximum Gasteiger partial charge on any atom is 0.148 e. The summed E-state index contributed by atoms with van der Waals surface area (Å²) in [6, 6.07) is 2.14. The molecule has 17 heavy (non-hydrogen) atoms. The van der Waals surface area contributed by atoms with Gasteiger partial charge in [0.05, 0.1) is 17.9 Å². The van der Waals surface area contributed by atoms with E-state index >= 15 is 0 Å². The summed E-state index contributed by atoms with van der Waals surface area (Å²) in [5.74, 6) is 0.863. The van der Waals surface area contributed by atoms with Gasteiger partial charge in [0, 0.05) is 25.5 Å². The van der Waals surface area contributed by atoms with Gasteiger partial charge < -0.3 is 11.1 Å². The lowest BCUT2D eigenvalue weighted by molar-refractivity contribution is 0.556. The summed E-state index contributed by atoms with van der Waals surface area (Å²) in [5.41, 5.74) is 7.51. The van der Waals surface area contributed by atoms with Crippen molar-refractivity contribution in [1.82, 2.24) is 19.6 Å². The average molecular weight is 234 g/mol. The number of rotatable bonds is 4. The van der Waals surface area contributed by atoms with Gasteiger partial charge in [0.2, 0.25) is 0 Å². The van der Waals surface area contributed by atoms with Crippen molar-refractivity contribution in [1.29, 1.82) is 0 Å². The van der Waals surface area contributed by atoms with Crippen molar-refractivity contribution >= 4 is 11.5 Å². The first-order valence-corrected chi connectivity index (χ1v) is 5.61. The van der Waals surface area contributed by atoms with Crippen LogP contribution in [0, 0.1) is 6.92 Å². The molecule has 1 unspecified atom stereocenters. The van der Waals surface area contributed by atoms with E-state index in [2.05, 4.69) is 22.4 Å². The second-order valence-corrected chi connectivity index (χ2v) is 4.24. The Morgan fingerprint density at radius 3 is 2.82 bits per heavy atom. The van der Waals surface area contributed by atoms with Crippen molar-refractivity contribution in [3.63, 3.8) is 0 Å². The van der Waals surface area contributed by atoms with Gasteiger partial charge in [-0.3, -0.25) is 9.36 Å². The zero-order valence-electron chi connectivity index (χ0n) is 10.4. The monoisotopic (exact) mass is 234 g/mol. The van der Waals surface area contributed by atoms with Crippen molar-refractivity contribution in [2.45, 2.75) is 26.4 Å². The highest BCUT2D eigenvalue weighted by molar-refractivity contribution is 5.64. The molecule has 3 N–H and O–H groups in total. The van der Waals surface area contributed by atoms with Crippen molar-refractivity contribution < 1.29 is 0 Å². The van der Waals surface area contributed by atoms with Crippen molar-refractivity contribution in [3.05, 3.63) is 24.2 Å². The van der Waals surface area contributed by atoms with Gasteiger partial charge in [-0.15, -0.1) is 0 Å². The quantitative estimate of drug-likeness (QED) is 0.828. The van der Waals surface area contributed by atoms with Gasteiger partial charge in [0.1, 0.15) is 5.82 Å². The first-order chi connectivity index (χ1) is 8.08. The van der Waals surface area contributed by atoms with E-state index in [4.69, 9.17) is 5.73 Å². The molecule has 2 rings (SSSR count). The summed E-state index contributed by atoms with van der Waals surface area (Å²) >= 11 is 0. The number of hydrogen-bond donors (Lipinski definition) is 2. The van der Waals surface area contributed by atoms with Crippen LogP contribution in [0.2, 0.25) is 0 Å². The molecular weight excluding hydrogens is 216 g/mol. The van der Waals surface area contributed by atoms with E-state index in [-0.39, 0.29) is 6.04 Å². The molecule has 6 nitrogen and oxygen atoms in total. The minimum absolute atomic E-state index is 0.229. The number of anilines is 2. The van der Waals surface area contributed by atoms with Crippen LogP contribution >= 0.6 is 0 Å². The zero-order valence-corrected chi connectivity index (χ0v) is 10.4. The number of nitrogens with one attached hydrogen (secondary N) is 1.